The minimum Gasteiger partial charge on any atom is -0.454 e. The summed E-state index contributed by atoms with van der Waals surface area (Å²) in [6.45, 7) is 3.72. The van der Waals surface area contributed by atoms with Crippen molar-refractivity contribution in [1.82, 2.24) is 19.9 Å². The fraction of sp³-hybridized carbons (Fsp3) is 0.300. The van der Waals surface area contributed by atoms with E-state index in [4.69, 9.17) is 19.4 Å². The third-order valence-electron chi connectivity index (χ3n) is 7.22. The molecular formula is C30H30N4O3. The number of piperidine rings is 1. The maximum atomic E-state index is 12.8. The topological polar surface area (TPSA) is 80.3 Å². The van der Waals surface area contributed by atoms with Crippen molar-refractivity contribution in [3.05, 3.63) is 83.8 Å². The summed E-state index contributed by atoms with van der Waals surface area (Å²) in [5, 5.41) is 0. The lowest BCUT2D eigenvalue weighted by Crippen LogP contribution is -2.38. The number of pyridine rings is 1. The highest BCUT2D eigenvalue weighted by Gasteiger charge is 2.28. The summed E-state index contributed by atoms with van der Waals surface area (Å²) in [5.41, 5.74) is 5.73. The number of carbonyl (C=O) groups is 1. The molecule has 1 amide bonds. The van der Waals surface area contributed by atoms with Crippen LogP contribution in [0.2, 0.25) is 0 Å². The van der Waals surface area contributed by atoms with Crippen molar-refractivity contribution in [1.29, 1.82) is 0 Å². The molecule has 0 bridgehead atoms. The summed E-state index contributed by atoms with van der Waals surface area (Å²) in [5.74, 6) is 2.91. The summed E-state index contributed by atoms with van der Waals surface area (Å²) in [6.07, 6.45) is 3.09. The summed E-state index contributed by atoms with van der Waals surface area (Å²) in [6, 6.07) is 22.1. The summed E-state index contributed by atoms with van der Waals surface area (Å²) in [7, 11) is 0. The van der Waals surface area contributed by atoms with E-state index in [-0.39, 0.29) is 18.6 Å². The number of aromatic amines is 1. The molecule has 2 aromatic carbocycles. The van der Waals surface area contributed by atoms with E-state index >= 15 is 0 Å². The third kappa shape index (κ3) is 4.94. The second-order valence-electron chi connectivity index (χ2n) is 9.72. The number of nitrogens with one attached hydrogen (secondary N) is 1. The van der Waals surface area contributed by atoms with E-state index in [0.29, 0.717) is 6.42 Å². The number of benzene rings is 2. The van der Waals surface area contributed by atoms with Crippen molar-refractivity contribution >= 4 is 5.91 Å². The van der Waals surface area contributed by atoms with E-state index in [1.165, 1.54) is 5.56 Å². The van der Waals surface area contributed by atoms with Gasteiger partial charge in [-0.1, -0.05) is 36.4 Å². The number of ether oxygens (including phenoxy) is 2. The third-order valence-corrected chi connectivity index (χ3v) is 7.22. The van der Waals surface area contributed by atoms with Gasteiger partial charge < -0.3 is 19.4 Å². The molecule has 2 aliphatic heterocycles. The number of amides is 1. The van der Waals surface area contributed by atoms with Gasteiger partial charge in [0.25, 0.3) is 0 Å². The van der Waals surface area contributed by atoms with E-state index in [2.05, 4.69) is 17.1 Å². The van der Waals surface area contributed by atoms with Gasteiger partial charge in [0, 0.05) is 36.7 Å². The Morgan fingerprint density at radius 1 is 0.973 bits per heavy atom. The number of hydrogen-bond donors (Lipinski definition) is 1. The molecule has 6 rings (SSSR count). The van der Waals surface area contributed by atoms with Crippen LogP contribution >= 0.6 is 0 Å². The Morgan fingerprint density at radius 3 is 2.59 bits per heavy atom. The molecule has 37 heavy (non-hydrogen) atoms. The van der Waals surface area contributed by atoms with Crippen LogP contribution in [0.4, 0.5) is 0 Å². The lowest BCUT2D eigenvalue weighted by atomic mass is 9.95. The fourth-order valence-electron chi connectivity index (χ4n) is 5.16. The van der Waals surface area contributed by atoms with Crippen molar-refractivity contribution in [2.45, 2.75) is 38.5 Å². The van der Waals surface area contributed by atoms with Gasteiger partial charge in [-0.05, 0) is 62.1 Å². The highest BCUT2D eigenvalue weighted by Crippen LogP contribution is 2.39. The number of H-pyrrole nitrogens is 1. The minimum absolute atomic E-state index is 0.229. The van der Waals surface area contributed by atoms with Crippen LogP contribution in [0.5, 0.6) is 11.5 Å². The van der Waals surface area contributed by atoms with Crippen LogP contribution in [-0.4, -0.2) is 45.6 Å². The average molecular weight is 495 g/mol. The molecule has 7 heteroatoms. The number of likely N-dealkylation sites (tertiary alicyclic amines) is 1. The van der Waals surface area contributed by atoms with Gasteiger partial charge in [0.05, 0.1) is 17.1 Å². The van der Waals surface area contributed by atoms with Gasteiger partial charge in [-0.15, -0.1) is 0 Å². The molecule has 2 aliphatic rings. The Morgan fingerprint density at radius 2 is 1.78 bits per heavy atom. The van der Waals surface area contributed by atoms with E-state index in [1.54, 1.807) is 0 Å². The summed E-state index contributed by atoms with van der Waals surface area (Å²) in [4.78, 5) is 28.3. The number of fused-ring (bicyclic) bond motifs is 1. The fourth-order valence-corrected chi connectivity index (χ4v) is 5.16. The number of carbonyl (C=O) groups excluding carboxylic acids is 1. The molecule has 1 saturated heterocycles. The van der Waals surface area contributed by atoms with Crippen molar-refractivity contribution in [2.24, 2.45) is 0 Å². The zero-order valence-corrected chi connectivity index (χ0v) is 20.9. The number of aryl methyl sites for hydroxylation is 2. The second kappa shape index (κ2) is 10.1. The number of hydrogen-bond acceptors (Lipinski definition) is 5. The quantitative estimate of drug-likeness (QED) is 0.382. The van der Waals surface area contributed by atoms with Crippen molar-refractivity contribution in [3.63, 3.8) is 0 Å². The van der Waals surface area contributed by atoms with Crippen molar-refractivity contribution < 1.29 is 14.3 Å². The molecule has 4 aromatic rings. The zero-order valence-electron chi connectivity index (χ0n) is 20.9. The predicted molar refractivity (Wildman–Crippen MR) is 141 cm³/mol. The van der Waals surface area contributed by atoms with Crippen LogP contribution in [0.1, 0.15) is 42.3 Å². The summed E-state index contributed by atoms with van der Waals surface area (Å²) >= 11 is 0. The van der Waals surface area contributed by atoms with Gasteiger partial charge in [0.15, 0.2) is 11.5 Å². The lowest BCUT2D eigenvalue weighted by Gasteiger charge is -2.31. The normalized spacial score (nSPS) is 15.2. The molecule has 0 aliphatic carbocycles. The number of imidazole rings is 1. The maximum absolute atomic E-state index is 12.8. The molecule has 1 fully saturated rings. The van der Waals surface area contributed by atoms with Gasteiger partial charge in [-0.2, -0.15) is 0 Å². The van der Waals surface area contributed by atoms with Crippen LogP contribution in [-0.2, 0) is 11.2 Å². The van der Waals surface area contributed by atoms with E-state index in [0.717, 1.165) is 78.0 Å². The van der Waals surface area contributed by atoms with E-state index in [9.17, 15) is 4.79 Å². The first-order valence-electron chi connectivity index (χ1n) is 12.9. The van der Waals surface area contributed by atoms with Crippen molar-refractivity contribution in [2.75, 3.05) is 19.9 Å². The lowest BCUT2D eigenvalue weighted by molar-refractivity contribution is -0.132. The number of rotatable bonds is 6. The Bertz CT molecular complexity index is 1410. The van der Waals surface area contributed by atoms with Gasteiger partial charge >= 0.3 is 0 Å². The molecule has 7 nitrogen and oxygen atoms in total. The highest BCUT2D eigenvalue weighted by molar-refractivity contribution is 5.78. The average Bonchev–Trinajstić information content (AvgIpc) is 3.60. The minimum atomic E-state index is 0.229. The van der Waals surface area contributed by atoms with Crippen LogP contribution in [0.3, 0.4) is 0 Å². The molecule has 2 aromatic heterocycles. The Kier molecular flexibility index (Phi) is 6.35. The monoisotopic (exact) mass is 494 g/mol. The molecular weight excluding hydrogens is 464 g/mol. The van der Waals surface area contributed by atoms with Crippen molar-refractivity contribution in [3.8, 4) is 34.1 Å². The zero-order chi connectivity index (χ0) is 25.2. The number of nitrogens with zero attached hydrogens (tertiary/aromatic N) is 3. The van der Waals surface area contributed by atoms with E-state index < -0.39 is 0 Å². The molecule has 4 heterocycles. The Hall–Kier alpha value is -4.13. The smallest absolute Gasteiger partial charge is 0.231 e. The van der Waals surface area contributed by atoms with Crippen LogP contribution < -0.4 is 9.47 Å². The van der Waals surface area contributed by atoms with E-state index in [1.807, 2.05) is 66.4 Å². The second-order valence-corrected chi connectivity index (χ2v) is 9.72. The Balaban J connectivity index is 1.21. The van der Waals surface area contributed by atoms with Gasteiger partial charge in [0.2, 0.25) is 12.7 Å². The molecule has 0 unspecified atom stereocenters. The molecule has 0 atom stereocenters. The van der Waals surface area contributed by atoms with Crippen LogP contribution in [0, 0.1) is 6.92 Å². The predicted octanol–water partition coefficient (Wildman–Crippen LogP) is 5.51. The Labute approximate surface area is 216 Å². The first-order chi connectivity index (χ1) is 18.1. The SMILES string of the molecule is Cc1cccc(-c2[nH]c(C3CCN(C(=O)CCc4ccccc4)CC3)nc2-c2ccc3c(c2)OCO3)n1. The molecule has 0 radical (unpaired) electrons. The van der Waals surface area contributed by atoms with Gasteiger partial charge in [-0.3, -0.25) is 9.78 Å². The molecule has 188 valence electrons. The largest absolute Gasteiger partial charge is 0.454 e. The number of aromatic nitrogens is 3. The molecule has 0 spiro atoms. The van der Waals surface area contributed by atoms with Gasteiger partial charge in [-0.25, -0.2) is 4.98 Å². The summed E-state index contributed by atoms with van der Waals surface area (Å²) < 4.78 is 11.1. The van der Waals surface area contributed by atoms with Crippen LogP contribution in [0.15, 0.2) is 66.7 Å². The van der Waals surface area contributed by atoms with Gasteiger partial charge in [0.1, 0.15) is 5.82 Å². The molecule has 1 N–H and O–H groups in total. The highest BCUT2D eigenvalue weighted by atomic mass is 16.7. The van der Waals surface area contributed by atoms with Crippen LogP contribution in [0.25, 0.3) is 22.6 Å². The standard InChI is InChI=1S/C30H30N4O3/c1-20-6-5-9-24(31-20)29-28(23-11-12-25-26(18-23)37-19-36-25)32-30(33-29)22-14-16-34(17-15-22)27(35)13-10-21-7-3-2-4-8-21/h2-9,11-12,18,22H,10,13-17,19H2,1H3,(H,32,33). The first-order valence-corrected chi connectivity index (χ1v) is 12.9. The molecule has 0 saturated carbocycles. The maximum Gasteiger partial charge on any atom is 0.231 e. The first kappa shape index (κ1) is 23.3.